The van der Waals surface area contributed by atoms with Gasteiger partial charge in [0.05, 0.1) is 7.11 Å². The van der Waals surface area contributed by atoms with Crippen LogP contribution in [0.15, 0.2) is 24.3 Å². The molecule has 0 amide bonds. The highest BCUT2D eigenvalue weighted by atomic mass is 16.5. The Morgan fingerprint density at radius 3 is 2.33 bits per heavy atom. The molecule has 1 rings (SSSR count). The highest BCUT2D eigenvalue weighted by Crippen LogP contribution is 2.19. The molecule has 0 heterocycles. The second kappa shape index (κ2) is 8.40. The Labute approximate surface area is 130 Å². The van der Waals surface area contributed by atoms with E-state index in [1.165, 1.54) is 12.0 Å². The largest absolute Gasteiger partial charge is 0.497 e. The maximum Gasteiger partial charge on any atom is 0.118 e. The number of nitrogens with zero attached hydrogens (tertiary/aromatic N) is 1. The maximum atomic E-state index is 5.86. The molecule has 2 N–H and O–H groups in total. The predicted molar refractivity (Wildman–Crippen MR) is 90.9 cm³/mol. The molecule has 3 heteroatoms. The number of hydrogen-bond donors (Lipinski definition) is 1. The third-order valence-electron chi connectivity index (χ3n) is 4.22. The number of ether oxygens (including phenoxy) is 1. The van der Waals surface area contributed by atoms with Crippen molar-refractivity contribution in [3.05, 3.63) is 29.8 Å². The standard InChI is InChI=1S/C18H32N2O/c1-6-20(14-18(3,4)13-19)15(2)7-8-16-9-11-17(21-5)12-10-16/h9-12,15H,6-8,13-14,19H2,1-5H3. The number of nitrogens with two attached hydrogens (primary N) is 1. The molecule has 0 spiro atoms. The van der Waals surface area contributed by atoms with Gasteiger partial charge in [-0.05, 0) is 56.0 Å². The van der Waals surface area contributed by atoms with E-state index in [9.17, 15) is 0 Å². The number of benzene rings is 1. The number of hydrogen-bond acceptors (Lipinski definition) is 3. The minimum Gasteiger partial charge on any atom is -0.497 e. The van der Waals surface area contributed by atoms with Crippen molar-refractivity contribution in [1.29, 1.82) is 0 Å². The molecule has 0 fully saturated rings. The van der Waals surface area contributed by atoms with Gasteiger partial charge in [-0.1, -0.05) is 32.9 Å². The first-order valence-electron chi connectivity index (χ1n) is 7.99. The lowest BCUT2D eigenvalue weighted by Gasteiger charge is -2.35. The lowest BCUT2D eigenvalue weighted by atomic mass is 9.92. The fraction of sp³-hybridized carbons (Fsp3) is 0.667. The molecule has 1 unspecified atom stereocenters. The van der Waals surface area contributed by atoms with Crippen molar-refractivity contribution >= 4 is 0 Å². The fourth-order valence-corrected chi connectivity index (χ4v) is 2.54. The van der Waals surface area contributed by atoms with Crippen molar-refractivity contribution < 1.29 is 4.74 Å². The average molecular weight is 292 g/mol. The zero-order chi connectivity index (χ0) is 15.9. The summed E-state index contributed by atoms with van der Waals surface area (Å²) >= 11 is 0. The van der Waals surface area contributed by atoms with Crippen LogP contribution in [0.25, 0.3) is 0 Å². The van der Waals surface area contributed by atoms with E-state index < -0.39 is 0 Å². The van der Waals surface area contributed by atoms with E-state index in [1.54, 1.807) is 7.11 Å². The van der Waals surface area contributed by atoms with Gasteiger partial charge >= 0.3 is 0 Å². The average Bonchev–Trinajstić information content (AvgIpc) is 2.50. The van der Waals surface area contributed by atoms with Gasteiger partial charge in [0, 0.05) is 12.6 Å². The highest BCUT2D eigenvalue weighted by Gasteiger charge is 2.22. The molecule has 0 radical (unpaired) electrons. The van der Waals surface area contributed by atoms with Gasteiger partial charge in [0.2, 0.25) is 0 Å². The van der Waals surface area contributed by atoms with Crippen LogP contribution >= 0.6 is 0 Å². The lowest BCUT2D eigenvalue weighted by molar-refractivity contribution is 0.142. The Bertz CT molecular complexity index is 400. The van der Waals surface area contributed by atoms with E-state index in [1.807, 2.05) is 12.1 Å². The minimum absolute atomic E-state index is 0.185. The van der Waals surface area contributed by atoms with Gasteiger partial charge < -0.3 is 15.4 Å². The molecule has 0 aliphatic rings. The SMILES string of the molecule is CCN(CC(C)(C)CN)C(C)CCc1ccc(OC)cc1. The summed E-state index contributed by atoms with van der Waals surface area (Å²) in [5, 5.41) is 0. The fourth-order valence-electron chi connectivity index (χ4n) is 2.54. The topological polar surface area (TPSA) is 38.5 Å². The lowest BCUT2D eigenvalue weighted by Crippen LogP contribution is -2.43. The molecule has 0 saturated heterocycles. The molecule has 0 aliphatic carbocycles. The molecule has 1 aromatic carbocycles. The summed E-state index contributed by atoms with van der Waals surface area (Å²) < 4.78 is 5.20. The van der Waals surface area contributed by atoms with Gasteiger partial charge in [0.25, 0.3) is 0 Å². The normalized spacial score (nSPS) is 13.5. The molecule has 0 saturated carbocycles. The summed E-state index contributed by atoms with van der Waals surface area (Å²) in [6.45, 7) is 11.9. The van der Waals surface area contributed by atoms with Crippen molar-refractivity contribution in [3.8, 4) is 5.75 Å². The quantitative estimate of drug-likeness (QED) is 0.759. The summed E-state index contributed by atoms with van der Waals surface area (Å²) in [5.74, 6) is 0.923. The zero-order valence-electron chi connectivity index (χ0n) is 14.4. The maximum absolute atomic E-state index is 5.86. The van der Waals surface area contributed by atoms with Gasteiger partial charge in [-0.15, -0.1) is 0 Å². The van der Waals surface area contributed by atoms with Crippen LogP contribution < -0.4 is 10.5 Å². The molecule has 0 aromatic heterocycles. The van der Waals surface area contributed by atoms with E-state index in [4.69, 9.17) is 10.5 Å². The van der Waals surface area contributed by atoms with Crippen LogP contribution in [-0.2, 0) is 6.42 Å². The second-order valence-corrected chi connectivity index (χ2v) is 6.67. The Morgan fingerprint density at radius 1 is 1.24 bits per heavy atom. The van der Waals surface area contributed by atoms with Crippen molar-refractivity contribution in [2.75, 3.05) is 26.7 Å². The first kappa shape index (κ1) is 18.0. The zero-order valence-corrected chi connectivity index (χ0v) is 14.4. The number of methoxy groups -OCH3 is 1. The first-order valence-corrected chi connectivity index (χ1v) is 7.99. The van der Waals surface area contributed by atoms with E-state index in [0.29, 0.717) is 6.04 Å². The molecule has 21 heavy (non-hydrogen) atoms. The van der Waals surface area contributed by atoms with Gasteiger partial charge in [0.15, 0.2) is 0 Å². The predicted octanol–water partition coefficient (Wildman–Crippen LogP) is 3.32. The van der Waals surface area contributed by atoms with Crippen LogP contribution in [0.1, 0.15) is 39.7 Å². The van der Waals surface area contributed by atoms with Gasteiger partial charge in [0.1, 0.15) is 5.75 Å². The smallest absolute Gasteiger partial charge is 0.118 e. The minimum atomic E-state index is 0.185. The summed E-state index contributed by atoms with van der Waals surface area (Å²) in [5.41, 5.74) is 7.42. The summed E-state index contributed by atoms with van der Waals surface area (Å²) in [6.07, 6.45) is 2.27. The Balaban J connectivity index is 2.51. The molecule has 1 atom stereocenters. The molecule has 0 aliphatic heterocycles. The van der Waals surface area contributed by atoms with Crippen molar-refractivity contribution in [2.45, 2.75) is 46.6 Å². The Kier molecular flexibility index (Phi) is 7.20. The molecular formula is C18H32N2O. The third-order valence-corrected chi connectivity index (χ3v) is 4.22. The first-order chi connectivity index (χ1) is 9.91. The van der Waals surface area contributed by atoms with E-state index in [0.717, 1.165) is 31.8 Å². The highest BCUT2D eigenvalue weighted by molar-refractivity contribution is 5.27. The molecule has 120 valence electrons. The monoisotopic (exact) mass is 292 g/mol. The molecule has 0 bridgehead atoms. The van der Waals surface area contributed by atoms with Crippen molar-refractivity contribution in [3.63, 3.8) is 0 Å². The summed E-state index contributed by atoms with van der Waals surface area (Å²) in [4.78, 5) is 2.54. The Hall–Kier alpha value is -1.06. The van der Waals surface area contributed by atoms with Gasteiger partial charge in [-0.25, -0.2) is 0 Å². The molecular weight excluding hydrogens is 260 g/mol. The van der Waals surface area contributed by atoms with Crippen LogP contribution in [0, 0.1) is 5.41 Å². The third kappa shape index (κ3) is 6.06. The van der Waals surface area contributed by atoms with Gasteiger partial charge in [-0.3, -0.25) is 0 Å². The number of rotatable bonds is 9. The molecule has 3 nitrogen and oxygen atoms in total. The van der Waals surface area contributed by atoms with E-state index >= 15 is 0 Å². The van der Waals surface area contributed by atoms with Crippen molar-refractivity contribution in [1.82, 2.24) is 4.90 Å². The number of aryl methyl sites for hydroxylation is 1. The second-order valence-electron chi connectivity index (χ2n) is 6.67. The van der Waals surface area contributed by atoms with Crippen LogP contribution in [0.3, 0.4) is 0 Å². The van der Waals surface area contributed by atoms with Crippen LogP contribution in [0.4, 0.5) is 0 Å². The summed E-state index contributed by atoms with van der Waals surface area (Å²) in [7, 11) is 1.70. The van der Waals surface area contributed by atoms with E-state index in [2.05, 4.69) is 44.7 Å². The molecule has 1 aromatic rings. The van der Waals surface area contributed by atoms with Crippen LogP contribution in [0.2, 0.25) is 0 Å². The van der Waals surface area contributed by atoms with Crippen molar-refractivity contribution in [2.24, 2.45) is 11.1 Å². The Morgan fingerprint density at radius 2 is 1.86 bits per heavy atom. The van der Waals surface area contributed by atoms with Crippen LogP contribution in [-0.4, -0.2) is 37.7 Å². The summed E-state index contributed by atoms with van der Waals surface area (Å²) in [6, 6.07) is 8.96. The van der Waals surface area contributed by atoms with Gasteiger partial charge in [-0.2, -0.15) is 0 Å². The van der Waals surface area contributed by atoms with Crippen LogP contribution in [0.5, 0.6) is 5.75 Å². The van der Waals surface area contributed by atoms with E-state index in [-0.39, 0.29) is 5.41 Å².